The van der Waals surface area contributed by atoms with Crippen LogP contribution in [0.15, 0.2) is 43.0 Å². The van der Waals surface area contributed by atoms with E-state index in [9.17, 15) is 24.4 Å². The first-order valence-corrected chi connectivity index (χ1v) is 23.4. The Morgan fingerprint density at radius 1 is 0.825 bits per heavy atom. The summed E-state index contributed by atoms with van der Waals surface area (Å²) < 4.78 is 91.8. The van der Waals surface area contributed by atoms with Crippen LogP contribution in [0, 0.1) is 0 Å². The maximum atomic E-state index is 16.4. The highest BCUT2D eigenvalue weighted by Gasteiger charge is 2.57. The summed E-state index contributed by atoms with van der Waals surface area (Å²) >= 11 is 0. The molecule has 4 aromatic heterocycles. The molecule has 1 aromatic carbocycles. The van der Waals surface area contributed by atoms with Crippen molar-refractivity contribution in [3.05, 3.63) is 43.0 Å². The number of hydrogen-bond acceptors (Lipinski definition) is 20. The number of anilines is 2. The second-order valence-corrected chi connectivity index (χ2v) is 19.9. The van der Waals surface area contributed by atoms with Gasteiger partial charge < -0.3 is 54.8 Å². The van der Waals surface area contributed by atoms with E-state index in [2.05, 4.69) is 29.9 Å². The summed E-state index contributed by atoms with van der Waals surface area (Å²) in [6, 6.07) is 8.27. The van der Waals surface area contributed by atoms with Crippen molar-refractivity contribution >= 4 is 49.5 Å². The molecule has 0 amide bonds. The second-order valence-electron chi connectivity index (χ2n) is 15.6. The fourth-order valence-corrected chi connectivity index (χ4v) is 11.0. The van der Waals surface area contributed by atoms with Gasteiger partial charge in [-0.05, 0) is 32.9 Å². The Morgan fingerprint density at radius 3 is 1.98 bits per heavy atom. The molecule has 2 unspecified atom stereocenters. The van der Waals surface area contributed by atoms with Crippen molar-refractivity contribution < 1.29 is 61.4 Å². The highest BCUT2D eigenvalue weighted by Crippen LogP contribution is 2.56. The molecule has 10 atom stereocenters. The van der Waals surface area contributed by atoms with Crippen molar-refractivity contribution in [3.63, 3.8) is 0 Å². The van der Waals surface area contributed by atoms with Gasteiger partial charge in [0.1, 0.15) is 35.8 Å². The number of methoxy groups -OCH3 is 1. The lowest BCUT2D eigenvalue weighted by Crippen LogP contribution is -2.46. The second kappa shape index (κ2) is 17.0. The molecule has 0 aliphatic carbocycles. The van der Waals surface area contributed by atoms with Gasteiger partial charge in [-0.3, -0.25) is 18.2 Å². The van der Waals surface area contributed by atoms with E-state index in [1.165, 1.54) is 47.2 Å². The zero-order valence-corrected chi connectivity index (χ0v) is 36.7. The Labute approximate surface area is 359 Å². The highest BCUT2D eigenvalue weighted by molar-refractivity contribution is 7.55. The predicted octanol–water partition coefficient (Wildman–Crippen LogP) is 1.89. The quantitative estimate of drug-likeness (QED) is 0.0937. The molecule has 7 heterocycles. The Bertz CT molecular complexity index is 2550. The monoisotopic (exact) mass is 922 g/mol. The van der Waals surface area contributed by atoms with Gasteiger partial charge in [-0.2, -0.15) is 24.6 Å². The minimum absolute atomic E-state index is 0.00857. The van der Waals surface area contributed by atoms with E-state index in [1.54, 1.807) is 41.9 Å². The standard InChI is InChI=1S/C36H49FN12O12P2/c1-6-56-30-24-28(43-34(39)45-30)48(18-41-24)31-35(2,37)25(50)21(59-31)17-58-63(54,61-20-10-8-7-9-11-20)47-14-12-46(13-15-47)62(5,53)57-16-22-26(51)36(3,52)32(60-22)49-19-40-23-27(49)42-33(38)44-29(23)55-4/h7-11,18-19,21-22,25-26,31-32,50-52H,6,12-17H2,1-5H3,(H2,38,42,44)(H2,39,43,45)/t21-,22-,25-,26-,31-,32-,35-,36-,62?,63?/m1/s1. The topological polar surface area (TPSA) is 305 Å². The molecule has 3 aliphatic rings. The normalized spacial score (nSPS) is 30.1. The lowest BCUT2D eigenvalue weighted by Gasteiger charge is -2.39. The molecule has 3 saturated heterocycles. The van der Waals surface area contributed by atoms with Crippen LogP contribution in [0.5, 0.6) is 17.5 Å². The number of rotatable bonds is 15. The zero-order chi connectivity index (χ0) is 45.1. The molecule has 0 radical (unpaired) electrons. The number of nitrogens with two attached hydrogens (primary N) is 2. The van der Waals surface area contributed by atoms with E-state index in [-0.39, 0.29) is 91.1 Å². The van der Waals surface area contributed by atoms with Gasteiger partial charge in [0, 0.05) is 32.8 Å². The molecule has 63 heavy (non-hydrogen) atoms. The average Bonchev–Trinajstić information content (AvgIpc) is 3.98. The number of piperazine rings is 1. The van der Waals surface area contributed by atoms with Crippen molar-refractivity contribution in [1.82, 2.24) is 48.4 Å². The van der Waals surface area contributed by atoms with Crippen molar-refractivity contribution in [2.24, 2.45) is 0 Å². The summed E-state index contributed by atoms with van der Waals surface area (Å²) in [5.74, 6) is 0.156. The third-order valence-electron chi connectivity index (χ3n) is 11.2. The summed E-state index contributed by atoms with van der Waals surface area (Å²) in [4.78, 5) is 25.0. The lowest BCUT2D eigenvalue weighted by molar-refractivity contribution is -0.0948. The molecular formula is C36H49FN12O12P2. The minimum atomic E-state index is -4.29. The Morgan fingerprint density at radius 2 is 1.37 bits per heavy atom. The van der Waals surface area contributed by atoms with E-state index in [0.29, 0.717) is 0 Å². The number of benzene rings is 1. The molecule has 7 N–H and O–H groups in total. The molecule has 27 heteroatoms. The Balaban J connectivity index is 0.934. The summed E-state index contributed by atoms with van der Waals surface area (Å²) in [5, 5.41) is 33.8. The van der Waals surface area contributed by atoms with Crippen LogP contribution in [-0.2, 0) is 27.7 Å². The molecule has 5 aromatic rings. The van der Waals surface area contributed by atoms with Crippen LogP contribution in [0.1, 0.15) is 33.2 Å². The van der Waals surface area contributed by atoms with Crippen LogP contribution >= 0.6 is 15.3 Å². The fourth-order valence-electron chi connectivity index (χ4n) is 7.80. The van der Waals surface area contributed by atoms with E-state index in [1.807, 2.05) is 0 Å². The van der Waals surface area contributed by atoms with Crippen molar-refractivity contribution in [1.29, 1.82) is 0 Å². The molecule has 3 aliphatic heterocycles. The lowest BCUT2D eigenvalue weighted by atomic mass is 9.96. The largest absolute Gasteiger partial charge is 0.479 e. The molecule has 8 rings (SSSR count). The van der Waals surface area contributed by atoms with Crippen LogP contribution in [0.4, 0.5) is 16.3 Å². The number of nitrogens with zero attached hydrogens (tertiary/aromatic N) is 10. The summed E-state index contributed by atoms with van der Waals surface area (Å²) in [5.41, 5.74) is 8.22. The average molecular weight is 923 g/mol. The first-order chi connectivity index (χ1) is 29.9. The molecule has 3 fully saturated rings. The first kappa shape index (κ1) is 44.9. The number of halogens is 1. The van der Waals surface area contributed by atoms with Gasteiger partial charge in [0.2, 0.25) is 23.7 Å². The number of hydrogen-bond donors (Lipinski definition) is 5. The molecule has 342 valence electrons. The number of nitrogen functional groups attached to an aromatic ring is 2. The summed E-state index contributed by atoms with van der Waals surface area (Å²) in [6.07, 6.45) is -5.82. The Kier molecular flexibility index (Phi) is 12.2. The number of alkyl halides is 1. The Hall–Kier alpha value is -4.65. The van der Waals surface area contributed by atoms with Crippen LogP contribution in [0.25, 0.3) is 22.3 Å². The number of aliphatic hydroxyl groups excluding tert-OH is 2. The van der Waals surface area contributed by atoms with Crippen molar-refractivity contribution in [3.8, 4) is 17.5 Å². The highest BCUT2D eigenvalue weighted by atomic mass is 31.2. The van der Waals surface area contributed by atoms with Crippen molar-refractivity contribution in [2.75, 3.05) is 71.2 Å². The van der Waals surface area contributed by atoms with Gasteiger partial charge in [-0.1, -0.05) is 18.2 Å². The fraction of sp³-hybridized carbons (Fsp3) is 0.556. The van der Waals surface area contributed by atoms with Crippen LogP contribution < -0.4 is 25.5 Å². The first-order valence-electron chi connectivity index (χ1n) is 19.8. The molecule has 0 saturated carbocycles. The smallest absolute Gasteiger partial charge is 0.461 e. The van der Waals surface area contributed by atoms with E-state index in [0.717, 1.165) is 6.92 Å². The van der Waals surface area contributed by atoms with Gasteiger partial charge in [0.15, 0.2) is 40.5 Å². The van der Waals surface area contributed by atoms with Crippen LogP contribution in [-0.4, -0.2) is 159 Å². The van der Waals surface area contributed by atoms with Crippen LogP contribution in [0.3, 0.4) is 0 Å². The molecular weight excluding hydrogens is 873 g/mol. The van der Waals surface area contributed by atoms with E-state index < -0.39 is 70.0 Å². The van der Waals surface area contributed by atoms with Gasteiger partial charge in [-0.15, -0.1) is 0 Å². The number of fused-ring (bicyclic) bond motifs is 2. The summed E-state index contributed by atoms with van der Waals surface area (Å²) in [7, 11) is -6.52. The summed E-state index contributed by atoms with van der Waals surface area (Å²) in [6.45, 7) is 5.12. The van der Waals surface area contributed by atoms with Gasteiger partial charge in [0.05, 0.1) is 39.6 Å². The zero-order valence-electron chi connectivity index (χ0n) is 34.9. The number of aromatic nitrogens is 8. The van der Waals surface area contributed by atoms with Gasteiger partial charge >= 0.3 is 7.75 Å². The van der Waals surface area contributed by atoms with E-state index in [4.69, 9.17) is 44.0 Å². The van der Waals surface area contributed by atoms with Crippen molar-refractivity contribution in [2.45, 2.75) is 68.9 Å². The number of aliphatic hydroxyl groups is 3. The third kappa shape index (κ3) is 8.32. The number of imidazole rings is 2. The maximum Gasteiger partial charge on any atom is 0.461 e. The number of ether oxygens (including phenoxy) is 4. The molecule has 0 spiro atoms. The molecule has 24 nitrogen and oxygen atoms in total. The van der Waals surface area contributed by atoms with Gasteiger partial charge in [0.25, 0.3) is 7.52 Å². The SMILES string of the molecule is CCOc1nc(N)nc2c1ncn2[C@@H]1O[C@H](COP(=O)(Oc2ccccc2)N2CCN(P(C)(=O)OC[C@H]3O[C@@H](n4cnc5c(OC)nc(N)nc54)[C@](C)(O)[C@@H]3O)CC2)[C@@H](O)[C@@]1(C)F. The molecule has 0 bridgehead atoms. The third-order valence-corrected chi connectivity index (χ3v) is 15.3. The van der Waals surface area contributed by atoms with E-state index >= 15 is 4.39 Å². The predicted molar refractivity (Wildman–Crippen MR) is 220 cm³/mol. The maximum absolute atomic E-state index is 16.4. The minimum Gasteiger partial charge on any atom is -0.479 e. The number of para-hydroxylation sites is 1. The van der Waals surface area contributed by atoms with Gasteiger partial charge in [-0.25, -0.2) is 23.6 Å². The van der Waals surface area contributed by atoms with Crippen LogP contribution in [0.2, 0.25) is 0 Å².